The molecule has 1 aromatic rings. The van der Waals surface area contributed by atoms with E-state index in [2.05, 4.69) is 0 Å². The fourth-order valence-electron chi connectivity index (χ4n) is 1.68. The van der Waals surface area contributed by atoms with Gasteiger partial charge >= 0.3 is 0 Å². The molecule has 0 bridgehead atoms. The Morgan fingerprint density at radius 1 is 1.25 bits per heavy atom. The van der Waals surface area contributed by atoms with E-state index in [-0.39, 0.29) is 34.5 Å². The fourth-order valence-corrected chi connectivity index (χ4v) is 1.68. The summed E-state index contributed by atoms with van der Waals surface area (Å²) in [6.07, 6.45) is 2.20. The molecule has 20 heavy (non-hydrogen) atoms. The summed E-state index contributed by atoms with van der Waals surface area (Å²) in [5.41, 5.74) is 1.28. The Morgan fingerprint density at radius 2 is 1.90 bits per heavy atom. The first-order chi connectivity index (χ1) is 9.31. The Bertz CT molecular complexity index is 511. The highest BCUT2D eigenvalue weighted by Gasteiger charge is 2.16. The minimum absolute atomic E-state index is 0.162. The van der Waals surface area contributed by atoms with Crippen molar-refractivity contribution < 1.29 is 19.7 Å². The van der Waals surface area contributed by atoms with Gasteiger partial charge in [0.25, 0.3) is 0 Å². The van der Waals surface area contributed by atoms with E-state index in [0.29, 0.717) is 13.0 Å². The number of carbonyl (C=O) groups is 1. The summed E-state index contributed by atoms with van der Waals surface area (Å²) in [5, 5.41) is 19.5. The summed E-state index contributed by atoms with van der Waals surface area (Å²) < 4.78 is 5.41. The van der Waals surface area contributed by atoms with Crippen molar-refractivity contribution in [3.63, 3.8) is 0 Å². The van der Waals surface area contributed by atoms with Crippen molar-refractivity contribution in [2.24, 2.45) is 5.92 Å². The Kier molecular flexibility index (Phi) is 5.62. The molecule has 4 heteroatoms. The number of carbonyl (C=O) groups excluding carboxylic acids is 1. The molecule has 0 aliphatic heterocycles. The first-order valence-electron chi connectivity index (χ1n) is 6.66. The van der Waals surface area contributed by atoms with E-state index in [9.17, 15) is 15.0 Å². The summed E-state index contributed by atoms with van der Waals surface area (Å²) in [4.78, 5) is 12.0. The van der Waals surface area contributed by atoms with E-state index in [0.717, 1.165) is 11.6 Å². The summed E-state index contributed by atoms with van der Waals surface area (Å²) >= 11 is 0. The third-order valence-electron chi connectivity index (χ3n) is 2.70. The number of rotatable bonds is 6. The van der Waals surface area contributed by atoms with Crippen LogP contribution in [-0.2, 0) is 0 Å². The maximum absolute atomic E-state index is 12.0. The Morgan fingerprint density at radius 3 is 2.45 bits per heavy atom. The van der Waals surface area contributed by atoms with Crippen molar-refractivity contribution in [2.75, 3.05) is 6.61 Å². The normalized spacial score (nSPS) is 10.4. The second-order valence-corrected chi connectivity index (χ2v) is 5.45. The molecule has 0 unspecified atom stereocenters. The number of Topliss-reactive ketones (excluding diaryl/α,β-unsaturated/α-hetero) is 1. The number of hydrogen-bond donors (Lipinski definition) is 2. The van der Waals surface area contributed by atoms with Gasteiger partial charge in [0.05, 0.1) is 5.56 Å². The molecule has 0 fully saturated rings. The van der Waals surface area contributed by atoms with Crippen LogP contribution in [0.25, 0.3) is 0 Å². The zero-order chi connectivity index (χ0) is 15.3. The van der Waals surface area contributed by atoms with Gasteiger partial charge in [-0.05, 0) is 31.9 Å². The second kappa shape index (κ2) is 6.98. The lowest BCUT2D eigenvalue weighted by molar-refractivity contribution is 0.0964. The van der Waals surface area contributed by atoms with Gasteiger partial charge in [-0.15, -0.1) is 0 Å². The number of benzene rings is 1. The van der Waals surface area contributed by atoms with E-state index < -0.39 is 0 Å². The fraction of sp³-hybridized carbons (Fsp3) is 0.438. The van der Waals surface area contributed by atoms with Crippen LogP contribution in [0.4, 0.5) is 0 Å². The monoisotopic (exact) mass is 278 g/mol. The van der Waals surface area contributed by atoms with Crippen molar-refractivity contribution in [1.29, 1.82) is 0 Å². The highest BCUT2D eigenvalue weighted by Crippen LogP contribution is 2.34. The van der Waals surface area contributed by atoms with Gasteiger partial charge in [0, 0.05) is 12.5 Å². The first-order valence-corrected chi connectivity index (χ1v) is 6.66. The van der Waals surface area contributed by atoms with Gasteiger partial charge in [0.1, 0.15) is 12.4 Å². The molecule has 0 amide bonds. The number of allylic oxidation sites excluding steroid dienone is 1. The zero-order valence-corrected chi connectivity index (χ0v) is 12.4. The molecule has 0 heterocycles. The molecule has 4 nitrogen and oxygen atoms in total. The molecule has 0 saturated carbocycles. The average Bonchev–Trinajstić information content (AvgIpc) is 2.30. The first kappa shape index (κ1) is 16.1. The lowest BCUT2D eigenvalue weighted by Gasteiger charge is -2.11. The smallest absolute Gasteiger partial charge is 0.166 e. The second-order valence-electron chi connectivity index (χ2n) is 5.45. The quantitative estimate of drug-likeness (QED) is 0.615. The number of phenolic OH excluding ortho intramolecular Hbond substituents is 2. The summed E-state index contributed by atoms with van der Waals surface area (Å²) in [6, 6.07) is 2.54. The molecule has 2 N–H and O–H groups in total. The van der Waals surface area contributed by atoms with Crippen molar-refractivity contribution in [1.82, 2.24) is 0 Å². The molecular weight excluding hydrogens is 256 g/mol. The van der Waals surface area contributed by atoms with Crippen LogP contribution in [0, 0.1) is 5.92 Å². The van der Waals surface area contributed by atoms with Crippen molar-refractivity contribution in [2.45, 2.75) is 34.1 Å². The lowest BCUT2D eigenvalue weighted by atomic mass is 10.00. The minimum atomic E-state index is -0.220. The topological polar surface area (TPSA) is 66.8 Å². The number of ketones is 1. The van der Waals surface area contributed by atoms with Crippen LogP contribution in [0.5, 0.6) is 17.2 Å². The minimum Gasteiger partial charge on any atom is -0.507 e. The molecule has 0 spiro atoms. The number of ether oxygens (including phenoxy) is 1. The van der Waals surface area contributed by atoms with E-state index in [1.807, 2.05) is 33.8 Å². The molecule has 0 aromatic heterocycles. The summed E-state index contributed by atoms with van der Waals surface area (Å²) in [6.45, 7) is 8.05. The van der Waals surface area contributed by atoms with Gasteiger partial charge in [-0.2, -0.15) is 0 Å². The average molecular weight is 278 g/mol. The van der Waals surface area contributed by atoms with Crippen LogP contribution < -0.4 is 4.74 Å². The van der Waals surface area contributed by atoms with Gasteiger partial charge in [-0.3, -0.25) is 4.79 Å². The lowest BCUT2D eigenvalue weighted by Crippen LogP contribution is -2.05. The third kappa shape index (κ3) is 4.61. The predicted molar refractivity (Wildman–Crippen MR) is 78.5 cm³/mol. The summed E-state index contributed by atoms with van der Waals surface area (Å²) in [5.74, 6) is -0.156. The van der Waals surface area contributed by atoms with Crippen LogP contribution in [0.1, 0.15) is 44.5 Å². The van der Waals surface area contributed by atoms with Crippen LogP contribution in [0.3, 0.4) is 0 Å². The SMILES string of the molecule is CC(C)=CCOc1cc(C(=O)CC(C)C)c(O)cc1O. The van der Waals surface area contributed by atoms with Gasteiger partial charge in [0.2, 0.25) is 0 Å². The van der Waals surface area contributed by atoms with Gasteiger partial charge in [-0.25, -0.2) is 0 Å². The molecule has 1 aromatic carbocycles. The zero-order valence-electron chi connectivity index (χ0n) is 12.4. The van der Waals surface area contributed by atoms with Crippen molar-refractivity contribution in [3.05, 3.63) is 29.3 Å². The Labute approximate surface area is 119 Å². The maximum Gasteiger partial charge on any atom is 0.166 e. The Hall–Kier alpha value is -1.97. The van der Waals surface area contributed by atoms with Crippen molar-refractivity contribution in [3.8, 4) is 17.2 Å². The van der Waals surface area contributed by atoms with E-state index in [1.165, 1.54) is 6.07 Å². The molecule has 1 rings (SSSR count). The maximum atomic E-state index is 12.0. The molecule has 0 aliphatic carbocycles. The molecule has 0 atom stereocenters. The van der Waals surface area contributed by atoms with Crippen LogP contribution in [0.15, 0.2) is 23.8 Å². The van der Waals surface area contributed by atoms with Crippen LogP contribution in [-0.4, -0.2) is 22.6 Å². The van der Waals surface area contributed by atoms with Gasteiger partial charge in [-0.1, -0.05) is 19.4 Å². The van der Waals surface area contributed by atoms with E-state index in [1.54, 1.807) is 0 Å². The number of aromatic hydroxyl groups is 2. The van der Waals surface area contributed by atoms with Gasteiger partial charge < -0.3 is 14.9 Å². The standard InChI is InChI=1S/C16H22O4/c1-10(2)5-6-20-16-8-12(13(17)7-11(3)4)14(18)9-15(16)19/h5,8-9,11,18-19H,6-7H2,1-4H3. The predicted octanol–water partition coefficient (Wildman–Crippen LogP) is 3.67. The molecule has 110 valence electrons. The largest absolute Gasteiger partial charge is 0.507 e. The number of phenols is 2. The molecule has 0 saturated heterocycles. The summed E-state index contributed by atoms with van der Waals surface area (Å²) in [7, 11) is 0. The van der Waals surface area contributed by atoms with E-state index in [4.69, 9.17) is 4.74 Å². The third-order valence-corrected chi connectivity index (χ3v) is 2.70. The van der Waals surface area contributed by atoms with Crippen molar-refractivity contribution >= 4 is 5.78 Å². The number of hydrogen-bond acceptors (Lipinski definition) is 4. The Balaban J connectivity index is 2.97. The molecule has 0 radical (unpaired) electrons. The van der Waals surface area contributed by atoms with E-state index >= 15 is 0 Å². The highest BCUT2D eigenvalue weighted by atomic mass is 16.5. The highest BCUT2D eigenvalue weighted by molar-refractivity contribution is 5.99. The van der Waals surface area contributed by atoms with Crippen LogP contribution in [0.2, 0.25) is 0 Å². The van der Waals surface area contributed by atoms with Crippen LogP contribution >= 0.6 is 0 Å². The molecule has 0 aliphatic rings. The van der Waals surface area contributed by atoms with Gasteiger partial charge in [0.15, 0.2) is 17.3 Å². The molecular formula is C16H22O4.